The molecule has 23 heavy (non-hydrogen) atoms. The lowest BCUT2D eigenvalue weighted by atomic mass is 10.1. The topological polar surface area (TPSA) is 55.8 Å². The van der Waals surface area contributed by atoms with Gasteiger partial charge in [0.25, 0.3) is 0 Å². The second kappa shape index (κ2) is 9.66. The maximum absolute atomic E-state index is 12.3. The van der Waals surface area contributed by atoms with Crippen molar-refractivity contribution in [3.8, 4) is 5.75 Å². The molecule has 0 spiro atoms. The van der Waals surface area contributed by atoms with Crippen LogP contribution in [0, 0.1) is 0 Å². The smallest absolute Gasteiger partial charge is 0.307 e. The third kappa shape index (κ3) is 7.00. The standard InChI is InChI=1S/C18H25NO4/c1-14(2)13-17(20)19(12-10-18(21)23-4)11-9-15-5-7-16(22-3)8-6-15/h5-8,13H,9-12H2,1-4H3. The summed E-state index contributed by atoms with van der Waals surface area (Å²) in [6.45, 7) is 4.65. The minimum atomic E-state index is -0.315. The SMILES string of the molecule is COC(=O)CCN(CCc1ccc(OC)cc1)C(=O)C=C(C)C. The van der Waals surface area contributed by atoms with Gasteiger partial charge in [0.1, 0.15) is 5.75 Å². The van der Waals surface area contributed by atoms with Crippen LogP contribution < -0.4 is 4.74 Å². The number of methoxy groups -OCH3 is 2. The van der Waals surface area contributed by atoms with Gasteiger partial charge in [0.15, 0.2) is 0 Å². The van der Waals surface area contributed by atoms with Crippen LogP contribution in [-0.2, 0) is 20.7 Å². The molecule has 1 amide bonds. The molecular weight excluding hydrogens is 294 g/mol. The number of hydrogen-bond donors (Lipinski definition) is 0. The Balaban J connectivity index is 2.68. The van der Waals surface area contributed by atoms with Gasteiger partial charge < -0.3 is 14.4 Å². The number of esters is 1. The van der Waals surface area contributed by atoms with Crippen molar-refractivity contribution in [1.82, 2.24) is 4.90 Å². The van der Waals surface area contributed by atoms with Crippen molar-refractivity contribution in [2.45, 2.75) is 26.7 Å². The van der Waals surface area contributed by atoms with E-state index in [1.54, 1.807) is 18.1 Å². The van der Waals surface area contributed by atoms with Gasteiger partial charge in [0, 0.05) is 19.2 Å². The predicted molar refractivity (Wildman–Crippen MR) is 89.3 cm³/mol. The van der Waals surface area contributed by atoms with E-state index in [0.29, 0.717) is 19.5 Å². The first-order valence-electron chi connectivity index (χ1n) is 7.59. The van der Waals surface area contributed by atoms with Gasteiger partial charge >= 0.3 is 5.97 Å². The molecule has 0 fully saturated rings. The summed E-state index contributed by atoms with van der Waals surface area (Å²) >= 11 is 0. The molecule has 0 saturated carbocycles. The fraction of sp³-hybridized carbons (Fsp3) is 0.444. The molecule has 0 atom stereocenters. The third-order valence-corrected chi connectivity index (χ3v) is 3.37. The van der Waals surface area contributed by atoms with Gasteiger partial charge in [-0.05, 0) is 38.0 Å². The monoisotopic (exact) mass is 319 g/mol. The maximum atomic E-state index is 12.3. The second-order valence-electron chi connectivity index (χ2n) is 5.47. The van der Waals surface area contributed by atoms with Crippen LogP contribution in [0.15, 0.2) is 35.9 Å². The zero-order valence-corrected chi connectivity index (χ0v) is 14.3. The Morgan fingerprint density at radius 1 is 1.09 bits per heavy atom. The fourth-order valence-electron chi connectivity index (χ4n) is 2.05. The maximum Gasteiger partial charge on any atom is 0.307 e. The number of ether oxygens (including phenoxy) is 2. The number of hydrogen-bond acceptors (Lipinski definition) is 4. The lowest BCUT2D eigenvalue weighted by molar-refractivity contribution is -0.141. The molecule has 0 unspecified atom stereocenters. The Kier molecular flexibility index (Phi) is 7.88. The molecule has 1 rings (SSSR count). The highest BCUT2D eigenvalue weighted by molar-refractivity contribution is 5.88. The van der Waals surface area contributed by atoms with E-state index in [1.165, 1.54) is 7.11 Å². The van der Waals surface area contributed by atoms with Crippen molar-refractivity contribution < 1.29 is 19.1 Å². The molecule has 0 heterocycles. The van der Waals surface area contributed by atoms with Crippen molar-refractivity contribution in [3.05, 3.63) is 41.5 Å². The summed E-state index contributed by atoms with van der Waals surface area (Å²) < 4.78 is 9.77. The summed E-state index contributed by atoms with van der Waals surface area (Å²) in [4.78, 5) is 25.2. The zero-order chi connectivity index (χ0) is 17.2. The average molecular weight is 319 g/mol. The van der Waals surface area contributed by atoms with Gasteiger partial charge in [-0.25, -0.2) is 0 Å². The number of rotatable bonds is 8. The molecule has 5 heteroatoms. The summed E-state index contributed by atoms with van der Waals surface area (Å²) in [6.07, 6.45) is 2.50. The van der Waals surface area contributed by atoms with Gasteiger partial charge in [0.2, 0.25) is 5.91 Å². The molecule has 1 aromatic rings. The van der Waals surface area contributed by atoms with Gasteiger partial charge in [-0.3, -0.25) is 9.59 Å². The van der Waals surface area contributed by atoms with E-state index in [-0.39, 0.29) is 18.3 Å². The molecule has 0 aliphatic carbocycles. The van der Waals surface area contributed by atoms with Crippen LogP contribution in [-0.4, -0.2) is 44.1 Å². The second-order valence-corrected chi connectivity index (χ2v) is 5.47. The zero-order valence-electron chi connectivity index (χ0n) is 14.3. The molecule has 0 N–H and O–H groups in total. The summed E-state index contributed by atoms with van der Waals surface area (Å²) in [5.74, 6) is 0.406. The van der Waals surface area contributed by atoms with Gasteiger partial charge in [-0.1, -0.05) is 17.7 Å². The Hall–Kier alpha value is -2.30. The van der Waals surface area contributed by atoms with Gasteiger partial charge in [-0.15, -0.1) is 0 Å². The van der Waals surface area contributed by atoms with Crippen LogP contribution in [0.2, 0.25) is 0 Å². The molecule has 1 aromatic carbocycles. The number of amides is 1. The highest BCUT2D eigenvalue weighted by Crippen LogP contribution is 2.12. The Morgan fingerprint density at radius 2 is 1.74 bits per heavy atom. The minimum absolute atomic E-state index is 0.0811. The molecule has 0 aromatic heterocycles. The summed E-state index contributed by atoms with van der Waals surface area (Å²) in [5.41, 5.74) is 2.04. The number of nitrogens with zero attached hydrogens (tertiary/aromatic N) is 1. The number of benzene rings is 1. The van der Waals surface area contributed by atoms with Crippen molar-refractivity contribution >= 4 is 11.9 Å². The van der Waals surface area contributed by atoms with Gasteiger partial charge in [0.05, 0.1) is 20.6 Å². The van der Waals surface area contributed by atoms with Crippen LogP contribution in [0.4, 0.5) is 0 Å². The number of allylic oxidation sites excluding steroid dienone is 1. The van der Waals surface area contributed by atoms with E-state index in [1.807, 2.05) is 38.1 Å². The summed E-state index contributed by atoms with van der Waals surface area (Å²) in [5, 5.41) is 0. The molecule has 126 valence electrons. The van der Waals surface area contributed by atoms with Crippen LogP contribution in [0.5, 0.6) is 5.75 Å². The van der Waals surface area contributed by atoms with Crippen LogP contribution >= 0.6 is 0 Å². The average Bonchev–Trinajstić information content (AvgIpc) is 2.54. The minimum Gasteiger partial charge on any atom is -0.497 e. The van der Waals surface area contributed by atoms with E-state index < -0.39 is 0 Å². The largest absolute Gasteiger partial charge is 0.497 e. The van der Waals surface area contributed by atoms with Crippen LogP contribution in [0.25, 0.3) is 0 Å². The van der Waals surface area contributed by atoms with E-state index >= 15 is 0 Å². The van der Waals surface area contributed by atoms with Crippen molar-refractivity contribution in [1.29, 1.82) is 0 Å². The van der Waals surface area contributed by atoms with E-state index in [4.69, 9.17) is 4.74 Å². The molecular formula is C18H25NO4. The van der Waals surface area contributed by atoms with Crippen LogP contribution in [0.3, 0.4) is 0 Å². The third-order valence-electron chi connectivity index (χ3n) is 3.37. The lowest BCUT2D eigenvalue weighted by Crippen LogP contribution is -2.34. The molecule has 0 saturated heterocycles. The quantitative estimate of drug-likeness (QED) is 0.546. The van der Waals surface area contributed by atoms with Crippen molar-refractivity contribution in [2.75, 3.05) is 27.3 Å². The first kappa shape index (κ1) is 18.7. The van der Waals surface area contributed by atoms with Crippen molar-refractivity contribution in [2.24, 2.45) is 0 Å². The van der Waals surface area contributed by atoms with Crippen molar-refractivity contribution in [3.63, 3.8) is 0 Å². The first-order valence-corrected chi connectivity index (χ1v) is 7.59. The van der Waals surface area contributed by atoms with Gasteiger partial charge in [-0.2, -0.15) is 0 Å². The predicted octanol–water partition coefficient (Wildman–Crippen LogP) is 2.60. The lowest BCUT2D eigenvalue weighted by Gasteiger charge is -2.21. The number of carbonyl (C=O) groups excluding carboxylic acids is 2. The molecule has 0 aliphatic heterocycles. The summed E-state index contributed by atoms with van der Waals surface area (Å²) in [6, 6.07) is 7.74. The molecule has 0 radical (unpaired) electrons. The molecule has 5 nitrogen and oxygen atoms in total. The Morgan fingerprint density at radius 3 is 2.26 bits per heavy atom. The highest BCUT2D eigenvalue weighted by atomic mass is 16.5. The normalized spacial score (nSPS) is 9.91. The first-order chi connectivity index (χ1) is 11.0. The molecule has 0 aliphatic rings. The van der Waals surface area contributed by atoms with E-state index in [0.717, 1.165) is 16.9 Å². The Bertz CT molecular complexity index is 545. The Labute approximate surface area is 137 Å². The number of carbonyl (C=O) groups is 2. The molecule has 0 bridgehead atoms. The fourth-order valence-corrected chi connectivity index (χ4v) is 2.05. The van der Waals surface area contributed by atoms with Crippen LogP contribution in [0.1, 0.15) is 25.8 Å². The van der Waals surface area contributed by atoms with E-state index in [9.17, 15) is 9.59 Å². The van der Waals surface area contributed by atoms with E-state index in [2.05, 4.69) is 4.74 Å². The summed E-state index contributed by atoms with van der Waals surface area (Å²) in [7, 11) is 2.98. The highest BCUT2D eigenvalue weighted by Gasteiger charge is 2.13.